The Kier molecular flexibility index (Phi) is 9.28. The molecule has 1 aromatic heterocycles. The van der Waals surface area contributed by atoms with Crippen LogP contribution in [0.1, 0.15) is 89.2 Å². The Morgan fingerprint density at radius 2 is 1.65 bits per heavy atom. The van der Waals surface area contributed by atoms with Crippen molar-refractivity contribution in [2.45, 2.75) is 90.5 Å². The number of carbonyl (C=O) groups is 2. The molecule has 0 atom stereocenters. The largest absolute Gasteiger partial charge is 0.496 e. The van der Waals surface area contributed by atoms with Crippen LogP contribution in [0.3, 0.4) is 0 Å². The molecule has 1 heterocycles. The van der Waals surface area contributed by atoms with Gasteiger partial charge in [0.15, 0.2) is 0 Å². The summed E-state index contributed by atoms with van der Waals surface area (Å²) in [5.74, 6) is 0.797. The number of hydrogen-bond donors (Lipinski definition) is 1. The van der Waals surface area contributed by atoms with Crippen LogP contribution in [0.5, 0.6) is 5.75 Å². The van der Waals surface area contributed by atoms with Gasteiger partial charge in [-0.2, -0.15) is 5.10 Å². The van der Waals surface area contributed by atoms with Crippen molar-refractivity contribution >= 4 is 17.6 Å². The highest BCUT2D eigenvalue weighted by atomic mass is 16.5. The van der Waals surface area contributed by atoms with Gasteiger partial charge in [-0.05, 0) is 126 Å². The topological polar surface area (TPSA) is 84.7 Å². The normalized spacial score (nSPS) is 22.6. The number of methoxy groups -OCH3 is 1. The summed E-state index contributed by atoms with van der Waals surface area (Å²) in [6.45, 7) is 9.18. The lowest BCUT2D eigenvalue weighted by Crippen LogP contribution is -2.41. The molecule has 0 unspecified atom stereocenters. The lowest BCUT2D eigenvalue weighted by molar-refractivity contribution is -0.144. The van der Waals surface area contributed by atoms with Crippen LogP contribution in [0.2, 0.25) is 0 Å². The van der Waals surface area contributed by atoms with Crippen molar-refractivity contribution in [3.8, 4) is 16.9 Å². The maximum Gasteiger partial charge on any atom is 0.306 e. The highest BCUT2D eigenvalue weighted by Crippen LogP contribution is 2.39. The minimum atomic E-state index is -0.741. The lowest BCUT2D eigenvalue weighted by atomic mass is 9.77. The molecule has 230 valence electrons. The van der Waals surface area contributed by atoms with Crippen molar-refractivity contribution in [1.82, 2.24) is 9.78 Å². The lowest BCUT2D eigenvalue weighted by Gasteiger charge is -2.36. The summed E-state index contributed by atoms with van der Waals surface area (Å²) in [4.78, 5) is 27.7. The van der Waals surface area contributed by atoms with Gasteiger partial charge in [0.25, 0.3) is 0 Å². The van der Waals surface area contributed by atoms with E-state index in [0.717, 1.165) is 48.2 Å². The van der Waals surface area contributed by atoms with Crippen molar-refractivity contribution in [1.29, 1.82) is 0 Å². The Morgan fingerprint density at radius 3 is 2.26 bits per heavy atom. The van der Waals surface area contributed by atoms with Gasteiger partial charge in [-0.3, -0.25) is 14.3 Å². The van der Waals surface area contributed by atoms with Gasteiger partial charge in [0.1, 0.15) is 5.75 Å². The molecule has 5 rings (SSSR count). The standard InChI is InChI=1S/C36H47N3O4/c1-24-19-30(17-18-33(24)43-5)26-11-9-25(10-12-26)22-38(34(40)27-13-15-28(16-14-27)35(41)42)32-8-6-7-29(20-32)31-21-37-39(23-31)36(2,3)4/h6-8,17-21,23,25-28H,9-16,22H2,1-5H3,(H,41,42)/t25-,26-,27-,28-. The van der Waals surface area contributed by atoms with Crippen molar-refractivity contribution in [3.63, 3.8) is 0 Å². The molecule has 0 bridgehead atoms. The fourth-order valence-electron chi connectivity index (χ4n) is 6.91. The molecule has 2 aliphatic carbocycles. The zero-order chi connectivity index (χ0) is 30.7. The Morgan fingerprint density at radius 1 is 0.953 bits per heavy atom. The van der Waals surface area contributed by atoms with Crippen LogP contribution in [0.4, 0.5) is 5.69 Å². The number of aromatic nitrogens is 2. The molecule has 7 heteroatoms. The summed E-state index contributed by atoms with van der Waals surface area (Å²) >= 11 is 0. The smallest absolute Gasteiger partial charge is 0.306 e. The Balaban J connectivity index is 1.35. The number of rotatable bonds is 8. The van der Waals surface area contributed by atoms with Crippen molar-refractivity contribution in [2.75, 3.05) is 18.6 Å². The monoisotopic (exact) mass is 585 g/mol. The third kappa shape index (κ3) is 7.14. The van der Waals surface area contributed by atoms with Gasteiger partial charge >= 0.3 is 5.97 Å². The molecule has 0 radical (unpaired) electrons. The van der Waals surface area contributed by atoms with Crippen LogP contribution in [-0.2, 0) is 15.1 Å². The molecule has 3 aromatic rings. The first kappa shape index (κ1) is 30.8. The molecular weight excluding hydrogens is 538 g/mol. The van der Waals surface area contributed by atoms with Gasteiger partial charge in [0.2, 0.25) is 5.91 Å². The molecule has 0 aliphatic heterocycles. The number of carbonyl (C=O) groups excluding carboxylic acids is 1. The first-order valence-corrected chi connectivity index (χ1v) is 15.9. The van der Waals surface area contributed by atoms with Gasteiger partial charge in [-0.15, -0.1) is 0 Å². The number of carboxylic acids is 1. The van der Waals surface area contributed by atoms with Gasteiger partial charge in [0.05, 0.1) is 24.8 Å². The van der Waals surface area contributed by atoms with E-state index in [1.807, 2.05) is 27.9 Å². The number of anilines is 1. The predicted molar refractivity (Wildman–Crippen MR) is 171 cm³/mol. The van der Waals surface area contributed by atoms with Crippen LogP contribution in [0.15, 0.2) is 54.9 Å². The van der Waals surface area contributed by atoms with E-state index in [0.29, 0.717) is 44.1 Å². The van der Waals surface area contributed by atoms with E-state index in [9.17, 15) is 14.7 Å². The van der Waals surface area contributed by atoms with E-state index < -0.39 is 5.97 Å². The first-order chi connectivity index (χ1) is 20.5. The molecule has 7 nitrogen and oxygen atoms in total. The Labute approximate surface area is 256 Å². The minimum absolute atomic E-state index is 0.115. The van der Waals surface area contributed by atoms with E-state index in [2.05, 4.69) is 69.3 Å². The number of carboxylic acid groups (broad SMARTS) is 1. The summed E-state index contributed by atoms with van der Waals surface area (Å²) < 4.78 is 7.44. The van der Waals surface area contributed by atoms with Crippen LogP contribution < -0.4 is 9.64 Å². The average molecular weight is 586 g/mol. The summed E-state index contributed by atoms with van der Waals surface area (Å²) in [6.07, 6.45) is 10.7. The Bertz CT molecular complexity index is 1420. The van der Waals surface area contributed by atoms with Crippen molar-refractivity contribution < 1.29 is 19.4 Å². The third-order valence-corrected chi connectivity index (χ3v) is 9.63. The molecule has 43 heavy (non-hydrogen) atoms. The quantitative estimate of drug-likeness (QED) is 0.291. The first-order valence-electron chi connectivity index (χ1n) is 15.9. The van der Waals surface area contributed by atoms with Gasteiger partial charge in [-0.1, -0.05) is 24.3 Å². The molecule has 1 N–H and O–H groups in total. The second-order valence-corrected chi connectivity index (χ2v) is 13.7. The molecule has 2 fully saturated rings. The fraction of sp³-hybridized carbons (Fsp3) is 0.528. The number of aliphatic carboxylic acids is 1. The van der Waals surface area contributed by atoms with Crippen LogP contribution in [0.25, 0.3) is 11.1 Å². The van der Waals surface area contributed by atoms with Gasteiger partial charge in [-0.25, -0.2) is 0 Å². The predicted octanol–water partition coefficient (Wildman–Crippen LogP) is 7.82. The molecular formula is C36H47N3O4. The molecule has 0 saturated heterocycles. The number of hydrogen-bond acceptors (Lipinski definition) is 4. The number of nitrogens with zero attached hydrogens (tertiary/aromatic N) is 3. The second kappa shape index (κ2) is 12.9. The summed E-state index contributed by atoms with van der Waals surface area (Å²) in [6, 6.07) is 14.8. The van der Waals surface area contributed by atoms with E-state index in [1.54, 1.807) is 7.11 Å². The number of ether oxygens (including phenoxy) is 1. The fourth-order valence-corrected chi connectivity index (χ4v) is 6.91. The maximum atomic E-state index is 14.2. The van der Waals surface area contributed by atoms with Crippen molar-refractivity contribution in [3.05, 3.63) is 66.0 Å². The van der Waals surface area contributed by atoms with E-state index in [4.69, 9.17) is 4.74 Å². The van der Waals surface area contributed by atoms with Crippen LogP contribution >= 0.6 is 0 Å². The average Bonchev–Trinajstić information content (AvgIpc) is 3.52. The molecule has 0 spiro atoms. The molecule has 2 aliphatic rings. The zero-order valence-electron chi connectivity index (χ0n) is 26.4. The van der Waals surface area contributed by atoms with Crippen LogP contribution in [-0.4, -0.2) is 40.4 Å². The van der Waals surface area contributed by atoms with Crippen LogP contribution in [0, 0.1) is 24.7 Å². The summed E-state index contributed by atoms with van der Waals surface area (Å²) in [5.41, 5.74) is 5.42. The maximum absolute atomic E-state index is 14.2. The number of aryl methyl sites for hydroxylation is 1. The molecule has 2 saturated carbocycles. The zero-order valence-corrected chi connectivity index (χ0v) is 26.4. The van der Waals surface area contributed by atoms with E-state index >= 15 is 0 Å². The summed E-state index contributed by atoms with van der Waals surface area (Å²) in [5, 5.41) is 14.1. The van der Waals surface area contributed by atoms with Gasteiger partial charge < -0.3 is 14.7 Å². The third-order valence-electron chi connectivity index (χ3n) is 9.63. The highest BCUT2D eigenvalue weighted by molar-refractivity contribution is 5.96. The van der Waals surface area contributed by atoms with Gasteiger partial charge in [0, 0.05) is 29.9 Å². The summed E-state index contributed by atoms with van der Waals surface area (Å²) in [7, 11) is 1.71. The molecule has 1 amide bonds. The highest BCUT2D eigenvalue weighted by Gasteiger charge is 2.34. The van der Waals surface area contributed by atoms with E-state index in [-0.39, 0.29) is 23.3 Å². The number of benzene rings is 2. The minimum Gasteiger partial charge on any atom is -0.496 e. The molecule has 2 aromatic carbocycles. The van der Waals surface area contributed by atoms with Crippen molar-refractivity contribution in [2.24, 2.45) is 17.8 Å². The number of amides is 1. The SMILES string of the molecule is COc1ccc([C@H]2CC[C@H](CN(c3cccc(-c4cnn(C(C)(C)C)c4)c3)C(=O)[C@H]3CC[C@H](C(=O)O)CC3)CC2)cc1C. The Hall–Kier alpha value is -3.61. The van der Waals surface area contributed by atoms with E-state index in [1.165, 1.54) is 11.1 Å². The second-order valence-electron chi connectivity index (χ2n) is 13.7.